The van der Waals surface area contributed by atoms with Crippen LogP contribution in [-0.4, -0.2) is 41.3 Å². The first-order valence-electron chi connectivity index (χ1n) is 15.5. The minimum Gasteiger partial charge on any atom is -0.504 e. The van der Waals surface area contributed by atoms with Crippen molar-refractivity contribution in [1.29, 1.82) is 0 Å². The third-order valence-corrected chi connectivity index (χ3v) is 8.50. The van der Waals surface area contributed by atoms with Gasteiger partial charge in [0, 0.05) is 6.42 Å². The molecule has 0 saturated carbocycles. The van der Waals surface area contributed by atoms with Crippen molar-refractivity contribution in [2.75, 3.05) is 13.2 Å². The van der Waals surface area contributed by atoms with Crippen LogP contribution >= 0.6 is 0 Å². The first-order valence-corrected chi connectivity index (χ1v) is 15.5. The van der Waals surface area contributed by atoms with Crippen LogP contribution in [0.25, 0.3) is 21.5 Å². The maximum atomic E-state index is 13.4. The number of rotatable bonds is 14. The van der Waals surface area contributed by atoms with Gasteiger partial charge in [0.15, 0.2) is 11.5 Å². The molecule has 8 heteroatoms. The molecule has 4 rings (SSSR count). The zero-order valence-electron chi connectivity index (χ0n) is 26.4. The Morgan fingerprint density at radius 3 is 2.20 bits per heavy atom. The Morgan fingerprint density at radius 2 is 1.51 bits per heavy atom. The van der Waals surface area contributed by atoms with Crippen LogP contribution in [0.5, 0.6) is 11.5 Å². The van der Waals surface area contributed by atoms with Crippen LogP contribution in [0.3, 0.4) is 0 Å². The molecule has 3 unspecified atom stereocenters. The highest BCUT2D eigenvalue weighted by Gasteiger charge is 2.39. The van der Waals surface area contributed by atoms with Gasteiger partial charge in [0.25, 0.3) is 0 Å². The van der Waals surface area contributed by atoms with Crippen LogP contribution in [-0.2, 0) is 41.6 Å². The number of fused-ring (bicyclic) bond motifs is 2. The first kappa shape index (κ1) is 33.3. The molecule has 0 radical (unpaired) electrons. The highest BCUT2D eigenvalue weighted by atomic mass is 16.5. The highest BCUT2D eigenvalue weighted by molar-refractivity contribution is 5.99. The third kappa shape index (κ3) is 8.32. The molecule has 0 spiro atoms. The summed E-state index contributed by atoms with van der Waals surface area (Å²) in [4.78, 5) is 39.5. The van der Waals surface area contributed by atoms with Crippen LogP contribution < -0.4 is 0 Å². The molecule has 2 N–H and O–H groups in total. The molecule has 0 aliphatic rings. The monoisotopic (exact) mass is 614 g/mol. The summed E-state index contributed by atoms with van der Waals surface area (Å²) in [6.45, 7) is 7.40. The normalized spacial score (nSPS) is 14.0. The second-order valence-corrected chi connectivity index (χ2v) is 11.9. The van der Waals surface area contributed by atoms with Gasteiger partial charge in [-0.05, 0) is 90.0 Å². The predicted molar refractivity (Wildman–Crippen MR) is 173 cm³/mol. The molecule has 0 saturated heterocycles. The molecule has 0 aliphatic heterocycles. The fourth-order valence-corrected chi connectivity index (χ4v) is 5.57. The molecule has 0 amide bonds. The third-order valence-electron chi connectivity index (χ3n) is 8.50. The van der Waals surface area contributed by atoms with Gasteiger partial charge in [-0.15, -0.1) is 0 Å². The maximum absolute atomic E-state index is 13.4. The number of aromatic hydroxyl groups is 2. The zero-order chi connectivity index (χ0) is 32.6. The smallest absolute Gasteiger partial charge is 0.311 e. The molecule has 3 atom stereocenters. The number of hydrogen-bond donors (Lipinski definition) is 2. The second kappa shape index (κ2) is 14.9. The number of phenols is 2. The van der Waals surface area contributed by atoms with Crippen molar-refractivity contribution in [3.63, 3.8) is 0 Å². The van der Waals surface area contributed by atoms with E-state index in [0.29, 0.717) is 18.4 Å². The molecule has 0 bridgehead atoms. The highest BCUT2D eigenvalue weighted by Crippen LogP contribution is 2.35. The molecule has 4 aromatic carbocycles. The molecule has 238 valence electrons. The Labute approximate surface area is 263 Å². The lowest BCUT2D eigenvalue weighted by Gasteiger charge is -2.30. The van der Waals surface area contributed by atoms with Crippen molar-refractivity contribution < 1.29 is 38.8 Å². The van der Waals surface area contributed by atoms with E-state index in [1.165, 1.54) is 12.1 Å². The Kier molecular flexibility index (Phi) is 11.0. The lowest BCUT2D eigenvalue weighted by atomic mass is 9.76. The van der Waals surface area contributed by atoms with Gasteiger partial charge in [-0.1, -0.05) is 62.4 Å². The quantitative estimate of drug-likeness (QED) is 0.0660. The molecule has 0 aliphatic carbocycles. The molecule has 8 nitrogen and oxygen atoms in total. The average molecular weight is 615 g/mol. The lowest BCUT2D eigenvalue weighted by Crippen LogP contribution is -2.35. The average Bonchev–Trinajstić information content (AvgIpc) is 3.03. The van der Waals surface area contributed by atoms with E-state index in [0.717, 1.165) is 27.1 Å². The fourth-order valence-electron chi connectivity index (χ4n) is 5.57. The van der Waals surface area contributed by atoms with Gasteiger partial charge in [0.2, 0.25) is 0 Å². The summed E-state index contributed by atoms with van der Waals surface area (Å²) < 4.78 is 16.7. The van der Waals surface area contributed by atoms with Gasteiger partial charge in [0.1, 0.15) is 6.61 Å². The second-order valence-electron chi connectivity index (χ2n) is 11.9. The van der Waals surface area contributed by atoms with Crippen LogP contribution in [0.15, 0.2) is 72.8 Å². The lowest BCUT2D eigenvalue weighted by molar-refractivity contribution is -0.159. The SMILES string of the molecule is CCOC(=O)C(C)(CC)CC(CC(C)C(=O)OCc1cccc2cc3ccccc3cc12)C(=O)OCCc1ccc(O)c(O)c1. The number of carbonyl (C=O) groups is 3. The van der Waals surface area contributed by atoms with Crippen LogP contribution in [0.4, 0.5) is 0 Å². The summed E-state index contributed by atoms with van der Waals surface area (Å²) >= 11 is 0. The number of ether oxygens (including phenoxy) is 3. The van der Waals surface area contributed by atoms with Crippen LogP contribution in [0.2, 0.25) is 0 Å². The first-order chi connectivity index (χ1) is 21.5. The van der Waals surface area contributed by atoms with E-state index < -0.39 is 35.2 Å². The summed E-state index contributed by atoms with van der Waals surface area (Å²) in [7, 11) is 0. The largest absolute Gasteiger partial charge is 0.504 e. The molecule has 4 aromatic rings. The molecular formula is C37H42O8. The Morgan fingerprint density at radius 1 is 0.800 bits per heavy atom. The van der Waals surface area contributed by atoms with E-state index in [1.54, 1.807) is 26.8 Å². The van der Waals surface area contributed by atoms with E-state index in [-0.39, 0.29) is 44.2 Å². The van der Waals surface area contributed by atoms with Crippen LogP contribution in [0, 0.1) is 17.3 Å². The van der Waals surface area contributed by atoms with Gasteiger partial charge in [-0.2, -0.15) is 0 Å². The van der Waals surface area contributed by atoms with E-state index in [2.05, 4.69) is 18.2 Å². The summed E-state index contributed by atoms with van der Waals surface area (Å²) in [5.41, 5.74) is 0.617. The number of phenolic OH excluding ortho intramolecular Hbond substituents is 2. The topological polar surface area (TPSA) is 119 Å². The molecule has 0 aromatic heterocycles. The van der Waals surface area contributed by atoms with E-state index in [1.807, 2.05) is 43.3 Å². The van der Waals surface area contributed by atoms with Crippen molar-refractivity contribution in [2.24, 2.45) is 17.3 Å². The van der Waals surface area contributed by atoms with Crippen molar-refractivity contribution >= 4 is 39.5 Å². The molecule has 0 fully saturated rings. The molecular weight excluding hydrogens is 572 g/mol. The Hall–Kier alpha value is -4.59. The number of carbonyl (C=O) groups excluding carboxylic acids is 3. The van der Waals surface area contributed by atoms with Crippen molar-refractivity contribution in [2.45, 2.75) is 60.0 Å². The van der Waals surface area contributed by atoms with E-state index in [4.69, 9.17) is 14.2 Å². The van der Waals surface area contributed by atoms with E-state index in [9.17, 15) is 24.6 Å². The summed E-state index contributed by atoms with van der Waals surface area (Å²) in [5, 5.41) is 23.6. The number of benzene rings is 4. The minimum atomic E-state index is -0.947. The van der Waals surface area contributed by atoms with Crippen molar-refractivity contribution in [1.82, 2.24) is 0 Å². The summed E-state index contributed by atoms with van der Waals surface area (Å²) in [6.07, 6.45) is 1.03. The Bertz CT molecular complexity index is 1660. The standard InChI is InChI=1S/C37H42O8/c1-5-37(4,36(42)43-6-2)22-30(35(41)44-17-16-25-14-15-32(38)33(39)19-25)18-24(3)34(40)45-23-29-13-9-12-28-20-26-10-7-8-11-27(26)21-31(28)29/h7-15,19-21,24,30,38-39H,5-6,16-18,22-23H2,1-4H3. The van der Waals surface area contributed by atoms with Gasteiger partial charge in [0.05, 0.1) is 30.5 Å². The predicted octanol–water partition coefficient (Wildman–Crippen LogP) is 7.25. The van der Waals surface area contributed by atoms with Crippen molar-refractivity contribution in [3.05, 3.63) is 83.9 Å². The van der Waals surface area contributed by atoms with Gasteiger partial charge >= 0.3 is 17.9 Å². The summed E-state index contributed by atoms with van der Waals surface area (Å²) in [5.74, 6) is -3.27. The molecule has 45 heavy (non-hydrogen) atoms. The fraction of sp³-hybridized carbons (Fsp3) is 0.378. The van der Waals surface area contributed by atoms with Gasteiger partial charge in [-0.3, -0.25) is 14.4 Å². The Balaban J connectivity index is 1.45. The van der Waals surface area contributed by atoms with E-state index >= 15 is 0 Å². The van der Waals surface area contributed by atoms with Crippen molar-refractivity contribution in [3.8, 4) is 11.5 Å². The maximum Gasteiger partial charge on any atom is 0.311 e. The zero-order valence-corrected chi connectivity index (χ0v) is 26.4. The van der Waals surface area contributed by atoms with Gasteiger partial charge in [-0.25, -0.2) is 0 Å². The van der Waals surface area contributed by atoms with Crippen LogP contribution in [0.1, 0.15) is 58.1 Å². The molecule has 0 heterocycles. The van der Waals surface area contributed by atoms with Gasteiger partial charge < -0.3 is 24.4 Å². The minimum absolute atomic E-state index is 0.0242. The number of esters is 3. The summed E-state index contributed by atoms with van der Waals surface area (Å²) in [6, 6.07) is 22.6. The number of hydrogen-bond acceptors (Lipinski definition) is 8.